The fourth-order valence-corrected chi connectivity index (χ4v) is 1.91. The van der Waals surface area contributed by atoms with Crippen molar-refractivity contribution < 1.29 is 24.5 Å². The fraction of sp³-hybridized carbons (Fsp3) is 0.500. The lowest BCUT2D eigenvalue weighted by Crippen LogP contribution is -2.44. The van der Waals surface area contributed by atoms with E-state index in [0.29, 0.717) is 0 Å². The third kappa shape index (κ3) is 3.76. The SMILES string of the molecule is C/C=C/[C@H](O)[C@@H]1O[C@H](/C=C/C)[C@H](O)C=C1C(=O)OC. The Labute approximate surface area is 112 Å². The van der Waals surface area contributed by atoms with Crippen molar-refractivity contribution >= 4 is 5.97 Å². The molecule has 0 saturated heterocycles. The van der Waals surface area contributed by atoms with Crippen LogP contribution in [-0.2, 0) is 14.3 Å². The van der Waals surface area contributed by atoms with Crippen LogP contribution in [0.25, 0.3) is 0 Å². The molecule has 19 heavy (non-hydrogen) atoms. The van der Waals surface area contributed by atoms with E-state index in [0.717, 1.165) is 0 Å². The lowest BCUT2D eigenvalue weighted by molar-refractivity contribution is -0.141. The van der Waals surface area contributed by atoms with E-state index in [1.807, 2.05) is 0 Å². The minimum absolute atomic E-state index is 0.126. The van der Waals surface area contributed by atoms with E-state index in [9.17, 15) is 15.0 Å². The van der Waals surface area contributed by atoms with Crippen LogP contribution in [0.4, 0.5) is 0 Å². The minimum Gasteiger partial charge on any atom is -0.466 e. The van der Waals surface area contributed by atoms with Crippen LogP contribution in [0.2, 0.25) is 0 Å². The lowest BCUT2D eigenvalue weighted by Gasteiger charge is -2.33. The van der Waals surface area contributed by atoms with Crippen molar-refractivity contribution in [1.82, 2.24) is 0 Å². The van der Waals surface area contributed by atoms with Crippen molar-refractivity contribution in [2.75, 3.05) is 7.11 Å². The van der Waals surface area contributed by atoms with Gasteiger partial charge in [0.1, 0.15) is 24.4 Å². The van der Waals surface area contributed by atoms with Gasteiger partial charge in [-0.2, -0.15) is 0 Å². The van der Waals surface area contributed by atoms with E-state index in [1.165, 1.54) is 19.3 Å². The molecule has 106 valence electrons. The summed E-state index contributed by atoms with van der Waals surface area (Å²) in [6, 6.07) is 0. The Kier molecular flexibility index (Phi) is 5.95. The summed E-state index contributed by atoms with van der Waals surface area (Å²) in [5.74, 6) is -0.619. The quantitative estimate of drug-likeness (QED) is 0.580. The van der Waals surface area contributed by atoms with Gasteiger partial charge in [0.25, 0.3) is 0 Å². The average molecular weight is 268 g/mol. The Morgan fingerprint density at radius 1 is 1.47 bits per heavy atom. The van der Waals surface area contributed by atoms with Gasteiger partial charge in [0.05, 0.1) is 12.7 Å². The summed E-state index contributed by atoms with van der Waals surface area (Å²) in [5.41, 5.74) is 0.126. The molecule has 0 spiro atoms. The van der Waals surface area contributed by atoms with Gasteiger partial charge in [-0.1, -0.05) is 24.3 Å². The van der Waals surface area contributed by atoms with Crippen LogP contribution in [0.15, 0.2) is 36.0 Å². The van der Waals surface area contributed by atoms with Crippen LogP contribution in [0, 0.1) is 0 Å². The highest BCUT2D eigenvalue weighted by atomic mass is 16.5. The normalized spacial score (nSPS) is 29.5. The molecule has 4 atom stereocenters. The number of hydrogen-bond donors (Lipinski definition) is 2. The maximum Gasteiger partial charge on any atom is 0.336 e. The zero-order valence-corrected chi connectivity index (χ0v) is 11.3. The molecule has 0 aromatic carbocycles. The first-order chi connectivity index (χ1) is 9.04. The molecular weight excluding hydrogens is 248 g/mol. The monoisotopic (exact) mass is 268 g/mol. The first-order valence-electron chi connectivity index (χ1n) is 6.12. The number of carbonyl (C=O) groups is 1. The number of aliphatic hydroxyl groups excluding tert-OH is 2. The standard InChI is InChI=1S/C14H20O5/c1-4-6-10(15)13-9(14(17)18-3)8-11(16)12(19-13)7-5-2/h4-8,10-13,15-16H,1-3H3/b6-4+,7-5+/t10-,11+,12+,13+/m0/s1. The molecule has 0 amide bonds. The molecule has 1 rings (SSSR count). The highest BCUT2D eigenvalue weighted by molar-refractivity contribution is 5.90. The molecule has 5 heteroatoms. The van der Waals surface area contributed by atoms with Crippen LogP contribution >= 0.6 is 0 Å². The zero-order chi connectivity index (χ0) is 14.4. The minimum atomic E-state index is -0.976. The van der Waals surface area contributed by atoms with Crippen molar-refractivity contribution in [2.24, 2.45) is 0 Å². The highest BCUT2D eigenvalue weighted by Gasteiger charge is 2.36. The number of ether oxygens (including phenoxy) is 2. The number of methoxy groups -OCH3 is 1. The largest absolute Gasteiger partial charge is 0.466 e. The van der Waals surface area contributed by atoms with Gasteiger partial charge in [0, 0.05) is 0 Å². The number of carbonyl (C=O) groups excluding carboxylic acids is 1. The van der Waals surface area contributed by atoms with E-state index in [4.69, 9.17) is 4.74 Å². The summed E-state index contributed by atoms with van der Waals surface area (Å²) in [4.78, 5) is 11.7. The smallest absolute Gasteiger partial charge is 0.336 e. The molecule has 0 unspecified atom stereocenters. The Bertz CT molecular complexity index is 397. The molecule has 2 N–H and O–H groups in total. The molecule has 0 aromatic rings. The van der Waals surface area contributed by atoms with E-state index in [-0.39, 0.29) is 5.57 Å². The number of esters is 1. The van der Waals surface area contributed by atoms with Gasteiger partial charge < -0.3 is 19.7 Å². The van der Waals surface area contributed by atoms with Gasteiger partial charge in [-0.15, -0.1) is 0 Å². The van der Waals surface area contributed by atoms with Crippen molar-refractivity contribution in [2.45, 2.75) is 38.3 Å². The molecule has 0 bridgehead atoms. The van der Waals surface area contributed by atoms with Gasteiger partial charge in [0.15, 0.2) is 0 Å². The maximum absolute atomic E-state index is 11.7. The molecule has 0 saturated carbocycles. The van der Waals surface area contributed by atoms with Crippen molar-refractivity contribution in [1.29, 1.82) is 0 Å². The molecule has 1 aliphatic rings. The van der Waals surface area contributed by atoms with Crippen molar-refractivity contribution in [3.05, 3.63) is 36.0 Å². The summed E-state index contributed by atoms with van der Waals surface area (Å²) >= 11 is 0. The predicted octanol–water partition coefficient (Wildman–Crippen LogP) is 0.727. The molecule has 0 aromatic heterocycles. The van der Waals surface area contributed by atoms with Gasteiger partial charge in [0.2, 0.25) is 0 Å². The maximum atomic E-state index is 11.7. The average Bonchev–Trinajstić information content (AvgIpc) is 2.40. The van der Waals surface area contributed by atoms with E-state index in [1.54, 1.807) is 32.1 Å². The molecule has 0 aliphatic carbocycles. The number of allylic oxidation sites excluding steroid dienone is 2. The molecule has 0 radical (unpaired) electrons. The van der Waals surface area contributed by atoms with Crippen molar-refractivity contribution in [3.8, 4) is 0 Å². The summed E-state index contributed by atoms with van der Waals surface area (Å²) in [6.45, 7) is 3.55. The number of aliphatic hydroxyl groups is 2. The second-order valence-electron chi connectivity index (χ2n) is 4.17. The van der Waals surface area contributed by atoms with Gasteiger partial charge in [-0.05, 0) is 19.9 Å². The summed E-state index contributed by atoms with van der Waals surface area (Å²) < 4.78 is 10.2. The van der Waals surface area contributed by atoms with Gasteiger partial charge >= 0.3 is 5.97 Å². The Morgan fingerprint density at radius 2 is 2.16 bits per heavy atom. The third-order valence-electron chi connectivity index (χ3n) is 2.80. The third-order valence-corrected chi connectivity index (χ3v) is 2.80. The van der Waals surface area contributed by atoms with Crippen LogP contribution in [0.5, 0.6) is 0 Å². The summed E-state index contributed by atoms with van der Waals surface area (Å²) in [6.07, 6.45) is 4.60. The second kappa shape index (κ2) is 7.23. The Hall–Kier alpha value is -1.43. The first-order valence-corrected chi connectivity index (χ1v) is 6.12. The number of rotatable bonds is 4. The van der Waals surface area contributed by atoms with E-state index in [2.05, 4.69) is 4.74 Å². The van der Waals surface area contributed by atoms with Crippen LogP contribution < -0.4 is 0 Å². The van der Waals surface area contributed by atoms with Crippen LogP contribution in [0.3, 0.4) is 0 Å². The Balaban J connectivity index is 3.07. The predicted molar refractivity (Wildman–Crippen MR) is 70.4 cm³/mol. The number of hydrogen-bond acceptors (Lipinski definition) is 5. The Morgan fingerprint density at radius 3 is 2.68 bits per heavy atom. The molecule has 0 fully saturated rings. The van der Waals surface area contributed by atoms with Crippen molar-refractivity contribution in [3.63, 3.8) is 0 Å². The van der Waals surface area contributed by atoms with Gasteiger partial charge in [-0.25, -0.2) is 4.79 Å². The molecule has 5 nitrogen and oxygen atoms in total. The summed E-state index contributed by atoms with van der Waals surface area (Å²) in [7, 11) is 1.24. The summed E-state index contributed by atoms with van der Waals surface area (Å²) in [5, 5.41) is 19.9. The first kappa shape index (κ1) is 15.6. The molecule has 1 aliphatic heterocycles. The fourth-order valence-electron chi connectivity index (χ4n) is 1.91. The lowest BCUT2D eigenvalue weighted by atomic mass is 9.96. The second-order valence-corrected chi connectivity index (χ2v) is 4.17. The highest BCUT2D eigenvalue weighted by Crippen LogP contribution is 2.24. The van der Waals surface area contributed by atoms with Crippen LogP contribution in [0.1, 0.15) is 13.8 Å². The van der Waals surface area contributed by atoms with Gasteiger partial charge in [-0.3, -0.25) is 0 Å². The van der Waals surface area contributed by atoms with E-state index >= 15 is 0 Å². The van der Waals surface area contributed by atoms with E-state index < -0.39 is 30.4 Å². The zero-order valence-electron chi connectivity index (χ0n) is 11.3. The molecule has 1 heterocycles. The topological polar surface area (TPSA) is 76.0 Å². The molecular formula is C14H20O5. The van der Waals surface area contributed by atoms with Crippen LogP contribution in [-0.4, -0.2) is 47.7 Å².